The third kappa shape index (κ3) is 1.96. The Labute approximate surface area is 87.5 Å². The number of carbonyl (C=O) groups is 1. The van der Waals surface area contributed by atoms with Crippen LogP contribution in [0.5, 0.6) is 0 Å². The Hall–Kier alpha value is -0.870. The lowest BCUT2D eigenvalue weighted by atomic mass is 10.2. The lowest BCUT2D eigenvalue weighted by Gasteiger charge is -2.14. The van der Waals surface area contributed by atoms with E-state index in [0.29, 0.717) is 0 Å². The summed E-state index contributed by atoms with van der Waals surface area (Å²) in [6.07, 6.45) is 1.75. The molecule has 14 heavy (non-hydrogen) atoms. The summed E-state index contributed by atoms with van der Waals surface area (Å²) in [5, 5.41) is 4.19. The molecule has 1 saturated heterocycles. The first kappa shape index (κ1) is 9.68. The molecule has 0 saturated carbocycles. The second kappa shape index (κ2) is 4.11. The molecule has 3 nitrogen and oxygen atoms in total. The zero-order valence-corrected chi connectivity index (χ0v) is 8.80. The Bertz CT molecular complexity index is 310. The van der Waals surface area contributed by atoms with Gasteiger partial charge in [0.25, 0.3) is 0 Å². The molecule has 1 aromatic heterocycles. The summed E-state index contributed by atoms with van der Waals surface area (Å²) in [7, 11) is 0. The quantitative estimate of drug-likeness (QED) is 0.804. The monoisotopic (exact) mass is 210 g/mol. The van der Waals surface area contributed by atoms with Crippen molar-refractivity contribution in [2.75, 3.05) is 13.1 Å². The first-order valence-electron chi connectivity index (χ1n) is 4.83. The molecule has 0 bridgehead atoms. The van der Waals surface area contributed by atoms with Crippen LogP contribution in [0.4, 0.5) is 0 Å². The minimum Gasteiger partial charge on any atom is -0.341 e. The zero-order chi connectivity index (χ0) is 9.97. The number of nitrogens with zero attached hydrogens (tertiary/aromatic N) is 1. The van der Waals surface area contributed by atoms with Crippen molar-refractivity contribution in [3.8, 4) is 0 Å². The van der Waals surface area contributed by atoms with Gasteiger partial charge in [0.15, 0.2) is 0 Å². The smallest absolute Gasteiger partial charge is 0.239 e. The average molecular weight is 210 g/mol. The van der Waals surface area contributed by atoms with E-state index in [1.54, 1.807) is 11.3 Å². The van der Waals surface area contributed by atoms with Crippen molar-refractivity contribution in [3.63, 3.8) is 0 Å². The minimum atomic E-state index is -0.252. The molecule has 1 fully saturated rings. The summed E-state index contributed by atoms with van der Waals surface area (Å²) in [5.74, 6) is 0.111. The number of carbonyl (C=O) groups excluding carboxylic acids is 1. The summed E-state index contributed by atoms with van der Waals surface area (Å²) in [4.78, 5) is 13.3. The van der Waals surface area contributed by atoms with Crippen molar-refractivity contribution < 1.29 is 4.79 Å². The highest BCUT2D eigenvalue weighted by Crippen LogP contribution is 2.12. The molecule has 2 rings (SSSR count). The Morgan fingerprint density at radius 1 is 1.64 bits per heavy atom. The molecule has 2 N–H and O–H groups in total. The molecule has 1 unspecified atom stereocenters. The summed E-state index contributed by atoms with van der Waals surface area (Å²) in [5.41, 5.74) is 6.94. The number of rotatable bonds is 3. The molecule has 4 heteroatoms. The minimum absolute atomic E-state index is 0.111. The average Bonchev–Trinajstić information content (AvgIpc) is 2.77. The number of nitrogens with two attached hydrogens (primary N) is 1. The topological polar surface area (TPSA) is 46.3 Å². The summed E-state index contributed by atoms with van der Waals surface area (Å²) in [6.45, 7) is 1.63. The van der Waals surface area contributed by atoms with Gasteiger partial charge < -0.3 is 10.6 Å². The van der Waals surface area contributed by atoms with Crippen molar-refractivity contribution in [2.24, 2.45) is 5.73 Å². The summed E-state index contributed by atoms with van der Waals surface area (Å²) in [6, 6.07) is 1.85. The third-order valence-corrected chi connectivity index (χ3v) is 3.32. The van der Waals surface area contributed by atoms with Gasteiger partial charge in [-0.25, -0.2) is 0 Å². The Morgan fingerprint density at radius 2 is 2.50 bits per heavy atom. The largest absolute Gasteiger partial charge is 0.341 e. The van der Waals surface area contributed by atoms with Crippen LogP contribution in [0.3, 0.4) is 0 Å². The van der Waals surface area contributed by atoms with Crippen LogP contribution in [0.15, 0.2) is 16.8 Å². The highest BCUT2D eigenvalue weighted by Gasteiger charge is 2.27. The van der Waals surface area contributed by atoms with Gasteiger partial charge in [0.2, 0.25) is 5.91 Å². The molecule has 2 heterocycles. The molecule has 1 aliphatic rings. The molecule has 1 amide bonds. The standard InChI is InChI=1S/C10H14N2OS/c11-9-2-5-12(10(9)13)4-1-8-3-6-14-7-8/h3,6-7,9H,1-2,4-5,11H2. The van der Waals surface area contributed by atoms with Crippen LogP contribution < -0.4 is 5.73 Å². The van der Waals surface area contributed by atoms with Crippen LogP contribution in [0.2, 0.25) is 0 Å². The van der Waals surface area contributed by atoms with Crippen LogP contribution in [0.1, 0.15) is 12.0 Å². The molecule has 1 aliphatic heterocycles. The van der Waals surface area contributed by atoms with E-state index in [-0.39, 0.29) is 11.9 Å². The van der Waals surface area contributed by atoms with Gasteiger partial charge in [-0.1, -0.05) is 0 Å². The van der Waals surface area contributed by atoms with Crippen molar-refractivity contribution in [1.29, 1.82) is 0 Å². The van der Waals surface area contributed by atoms with Crippen LogP contribution in [-0.4, -0.2) is 29.9 Å². The predicted octanol–water partition coefficient (Wildman–Crippen LogP) is 0.850. The molecule has 0 aromatic carbocycles. The van der Waals surface area contributed by atoms with E-state index in [9.17, 15) is 4.79 Å². The van der Waals surface area contributed by atoms with Gasteiger partial charge in [-0.15, -0.1) is 0 Å². The van der Waals surface area contributed by atoms with Gasteiger partial charge in [-0.2, -0.15) is 11.3 Å². The van der Waals surface area contributed by atoms with Crippen LogP contribution in [0, 0.1) is 0 Å². The van der Waals surface area contributed by atoms with Crippen LogP contribution >= 0.6 is 11.3 Å². The zero-order valence-electron chi connectivity index (χ0n) is 7.98. The molecule has 1 atom stereocenters. The fourth-order valence-corrected chi connectivity index (χ4v) is 2.39. The highest BCUT2D eigenvalue weighted by atomic mass is 32.1. The van der Waals surface area contributed by atoms with Crippen molar-refractivity contribution in [1.82, 2.24) is 4.90 Å². The number of thiophene rings is 1. The summed E-state index contributed by atoms with van der Waals surface area (Å²) < 4.78 is 0. The summed E-state index contributed by atoms with van der Waals surface area (Å²) >= 11 is 1.70. The first-order chi connectivity index (χ1) is 6.77. The highest BCUT2D eigenvalue weighted by molar-refractivity contribution is 7.07. The Balaban J connectivity index is 1.84. The molecule has 0 spiro atoms. The Kier molecular flexibility index (Phi) is 2.84. The van der Waals surface area contributed by atoms with Gasteiger partial charge in [-0.05, 0) is 35.2 Å². The SMILES string of the molecule is NC1CCN(CCc2ccsc2)C1=O. The molecular formula is C10H14N2OS. The van der Waals surface area contributed by atoms with Crippen molar-refractivity contribution >= 4 is 17.2 Å². The van der Waals surface area contributed by atoms with E-state index < -0.39 is 0 Å². The maximum absolute atomic E-state index is 11.5. The maximum atomic E-state index is 11.5. The van der Waals surface area contributed by atoms with Crippen molar-refractivity contribution in [2.45, 2.75) is 18.9 Å². The normalized spacial score (nSPS) is 21.9. The molecule has 0 aliphatic carbocycles. The van der Waals surface area contributed by atoms with Gasteiger partial charge >= 0.3 is 0 Å². The second-order valence-corrected chi connectivity index (χ2v) is 4.38. The third-order valence-electron chi connectivity index (χ3n) is 2.59. The van der Waals surface area contributed by atoms with E-state index in [2.05, 4.69) is 16.8 Å². The van der Waals surface area contributed by atoms with E-state index in [0.717, 1.165) is 25.9 Å². The molecule has 1 aromatic rings. The molecule has 76 valence electrons. The van der Waals surface area contributed by atoms with Gasteiger partial charge in [0.1, 0.15) is 0 Å². The van der Waals surface area contributed by atoms with Gasteiger partial charge in [0, 0.05) is 13.1 Å². The van der Waals surface area contributed by atoms with Gasteiger partial charge in [0.05, 0.1) is 6.04 Å². The van der Waals surface area contributed by atoms with Crippen LogP contribution in [0.25, 0.3) is 0 Å². The number of hydrogen-bond donors (Lipinski definition) is 1. The van der Waals surface area contributed by atoms with Crippen molar-refractivity contribution in [3.05, 3.63) is 22.4 Å². The number of hydrogen-bond acceptors (Lipinski definition) is 3. The first-order valence-corrected chi connectivity index (χ1v) is 5.77. The fourth-order valence-electron chi connectivity index (χ4n) is 1.68. The molecule has 0 radical (unpaired) electrons. The molecular weight excluding hydrogens is 196 g/mol. The number of likely N-dealkylation sites (tertiary alicyclic amines) is 1. The number of amides is 1. The fraction of sp³-hybridized carbons (Fsp3) is 0.500. The lowest BCUT2D eigenvalue weighted by Crippen LogP contribution is -2.35. The van der Waals surface area contributed by atoms with E-state index in [4.69, 9.17) is 5.73 Å². The second-order valence-electron chi connectivity index (χ2n) is 3.60. The lowest BCUT2D eigenvalue weighted by molar-refractivity contribution is -0.128. The van der Waals surface area contributed by atoms with E-state index >= 15 is 0 Å². The van der Waals surface area contributed by atoms with E-state index in [1.807, 2.05) is 4.90 Å². The Morgan fingerprint density at radius 3 is 3.07 bits per heavy atom. The maximum Gasteiger partial charge on any atom is 0.239 e. The van der Waals surface area contributed by atoms with Crippen LogP contribution in [-0.2, 0) is 11.2 Å². The van der Waals surface area contributed by atoms with E-state index in [1.165, 1.54) is 5.56 Å². The van der Waals surface area contributed by atoms with Gasteiger partial charge in [-0.3, -0.25) is 4.79 Å². The predicted molar refractivity (Wildman–Crippen MR) is 57.2 cm³/mol.